The Morgan fingerprint density at radius 1 is 1.28 bits per heavy atom. The molecular formula is C14H21N3S. The van der Waals surface area contributed by atoms with Gasteiger partial charge in [-0.2, -0.15) is 0 Å². The summed E-state index contributed by atoms with van der Waals surface area (Å²) in [5.74, 6) is 0. The lowest BCUT2D eigenvalue weighted by atomic mass is 10.2. The van der Waals surface area contributed by atoms with Crippen LogP contribution in [0.3, 0.4) is 0 Å². The van der Waals surface area contributed by atoms with Gasteiger partial charge in [0.15, 0.2) is 5.17 Å². The number of nitrogens with zero attached hydrogens (tertiary/aromatic N) is 2. The minimum atomic E-state index is 0.412. The van der Waals surface area contributed by atoms with E-state index in [0.29, 0.717) is 11.3 Å². The van der Waals surface area contributed by atoms with Gasteiger partial charge in [-0.3, -0.25) is 4.99 Å². The second kappa shape index (κ2) is 5.65. The number of rotatable bonds is 2. The number of aliphatic imine (C=N–C) groups is 1. The third-order valence-electron chi connectivity index (χ3n) is 2.95. The number of amidine groups is 1. The van der Waals surface area contributed by atoms with Crippen LogP contribution in [0.25, 0.3) is 0 Å². The Bertz CT molecular complexity index is 442. The largest absolute Gasteiger partial charge is 0.376 e. The Labute approximate surface area is 114 Å². The first-order valence-corrected chi connectivity index (χ1v) is 7.22. The summed E-state index contributed by atoms with van der Waals surface area (Å²) in [6.07, 6.45) is 1.16. The molecule has 0 aliphatic carbocycles. The fourth-order valence-electron chi connectivity index (χ4n) is 2.15. The van der Waals surface area contributed by atoms with Gasteiger partial charge in [0, 0.05) is 19.3 Å². The standard InChI is InChI=1S/C14H21N3S/c1-10-9-11(2)18-14(15-10)16-12-7-5-6-8-13(12)17(3)4/h5-8,10-11H,9H2,1-4H3,(H,15,16). The number of hydrogen-bond acceptors (Lipinski definition) is 4. The van der Waals surface area contributed by atoms with Crippen molar-refractivity contribution >= 4 is 28.3 Å². The van der Waals surface area contributed by atoms with Gasteiger partial charge in [-0.25, -0.2) is 0 Å². The highest BCUT2D eigenvalue weighted by atomic mass is 32.2. The van der Waals surface area contributed by atoms with Crippen molar-refractivity contribution in [1.82, 2.24) is 0 Å². The highest BCUT2D eigenvalue weighted by Crippen LogP contribution is 2.29. The number of nitrogens with one attached hydrogen (secondary N) is 1. The van der Waals surface area contributed by atoms with Crippen LogP contribution in [0, 0.1) is 0 Å². The molecule has 2 atom stereocenters. The maximum atomic E-state index is 4.68. The summed E-state index contributed by atoms with van der Waals surface area (Å²) in [6.45, 7) is 4.44. The van der Waals surface area contributed by atoms with Crippen molar-refractivity contribution in [2.45, 2.75) is 31.6 Å². The summed E-state index contributed by atoms with van der Waals surface area (Å²) in [6, 6.07) is 8.74. The third-order valence-corrected chi connectivity index (χ3v) is 3.98. The first-order valence-electron chi connectivity index (χ1n) is 6.34. The number of hydrogen-bond donors (Lipinski definition) is 1. The van der Waals surface area contributed by atoms with Crippen molar-refractivity contribution in [3.05, 3.63) is 24.3 Å². The molecule has 1 N–H and O–H groups in total. The molecule has 98 valence electrons. The van der Waals surface area contributed by atoms with E-state index in [4.69, 9.17) is 0 Å². The second-order valence-electron chi connectivity index (χ2n) is 4.98. The molecule has 0 saturated heterocycles. The van der Waals surface area contributed by atoms with Crippen LogP contribution in [0.4, 0.5) is 11.4 Å². The zero-order valence-electron chi connectivity index (χ0n) is 11.5. The molecule has 0 spiro atoms. The Morgan fingerprint density at radius 3 is 2.67 bits per heavy atom. The van der Waals surface area contributed by atoms with E-state index in [-0.39, 0.29) is 0 Å². The van der Waals surface area contributed by atoms with E-state index in [1.165, 1.54) is 5.69 Å². The molecule has 2 unspecified atom stereocenters. The molecule has 1 aliphatic heterocycles. The number of benzene rings is 1. The zero-order chi connectivity index (χ0) is 13.1. The highest BCUT2D eigenvalue weighted by Gasteiger charge is 2.19. The molecule has 0 fully saturated rings. The van der Waals surface area contributed by atoms with Crippen LogP contribution in [0.1, 0.15) is 20.3 Å². The molecule has 0 bridgehead atoms. The number of anilines is 2. The molecule has 0 amide bonds. The van der Waals surface area contributed by atoms with Gasteiger partial charge in [0.2, 0.25) is 0 Å². The van der Waals surface area contributed by atoms with E-state index in [0.717, 1.165) is 17.3 Å². The topological polar surface area (TPSA) is 27.6 Å². The minimum absolute atomic E-state index is 0.412. The summed E-state index contributed by atoms with van der Waals surface area (Å²) < 4.78 is 0. The van der Waals surface area contributed by atoms with Crippen LogP contribution in [0.5, 0.6) is 0 Å². The maximum Gasteiger partial charge on any atom is 0.161 e. The lowest BCUT2D eigenvalue weighted by Gasteiger charge is -2.25. The van der Waals surface area contributed by atoms with Crippen LogP contribution < -0.4 is 10.2 Å². The number of thioether (sulfide) groups is 1. The lowest BCUT2D eigenvalue weighted by Crippen LogP contribution is -2.23. The van der Waals surface area contributed by atoms with Crippen molar-refractivity contribution in [3.8, 4) is 0 Å². The van der Waals surface area contributed by atoms with E-state index in [9.17, 15) is 0 Å². The minimum Gasteiger partial charge on any atom is -0.376 e. The molecule has 3 nitrogen and oxygen atoms in total. The highest BCUT2D eigenvalue weighted by molar-refractivity contribution is 8.14. The monoisotopic (exact) mass is 263 g/mol. The summed E-state index contributed by atoms with van der Waals surface area (Å²) in [7, 11) is 4.11. The predicted molar refractivity (Wildman–Crippen MR) is 83.0 cm³/mol. The van der Waals surface area contributed by atoms with Gasteiger partial charge in [-0.15, -0.1) is 0 Å². The van der Waals surface area contributed by atoms with Crippen LogP contribution >= 0.6 is 11.8 Å². The maximum absolute atomic E-state index is 4.68. The van der Waals surface area contributed by atoms with Crippen molar-refractivity contribution < 1.29 is 0 Å². The summed E-state index contributed by atoms with van der Waals surface area (Å²) >= 11 is 1.83. The molecular weight excluding hydrogens is 242 g/mol. The Hall–Kier alpha value is -1.16. The smallest absolute Gasteiger partial charge is 0.161 e. The quantitative estimate of drug-likeness (QED) is 0.886. The van der Waals surface area contributed by atoms with E-state index < -0.39 is 0 Å². The molecule has 0 aromatic heterocycles. The Kier molecular flexibility index (Phi) is 4.17. The molecule has 0 saturated carbocycles. The summed E-state index contributed by atoms with van der Waals surface area (Å²) in [5, 5.41) is 5.13. The van der Waals surface area contributed by atoms with E-state index in [1.807, 2.05) is 11.8 Å². The molecule has 1 aromatic rings. The molecule has 2 rings (SSSR count). The zero-order valence-corrected chi connectivity index (χ0v) is 12.3. The predicted octanol–water partition coefficient (Wildman–Crippen LogP) is 3.43. The molecule has 4 heteroatoms. The van der Waals surface area contributed by atoms with Gasteiger partial charge in [-0.05, 0) is 25.5 Å². The van der Waals surface area contributed by atoms with Crippen LogP contribution in [0.15, 0.2) is 29.3 Å². The summed E-state index contributed by atoms with van der Waals surface area (Å²) in [5.41, 5.74) is 2.31. The van der Waals surface area contributed by atoms with Gasteiger partial charge >= 0.3 is 0 Å². The van der Waals surface area contributed by atoms with Gasteiger partial charge < -0.3 is 10.2 Å². The van der Waals surface area contributed by atoms with Gasteiger partial charge in [-0.1, -0.05) is 30.8 Å². The van der Waals surface area contributed by atoms with Gasteiger partial charge in [0.05, 0.1) is 17.4 Å². The molecule has 1 aliphatic rings. The normalized spacial score (nSPS) is 23.4. The average Bonchev–Trinajstić information content (AvgIpc) is 2.27. The lowest BCUT2D eigenvalue weighted by molar-refractivity contribution is 0.661. The van der Waals surface area contributed by atoms with Crippen LogP contribution in [-0.2, 0) is 0 Å². The van der Waals surface area contributed by atoms with E-state index in [1.54, 1.807) is 0 Å². The molecule has 1 heterocycles. The second-order valence-corrected chi connectivity index (χ2v) is 6.41. The fraction of sp³-hybridized carbons (Fsp3) is 0.500. The average molecular weight is 263 g/mol. The van der Waals surface area contributed by atoms with Crippen molar-refractivity contribution in [2.75, 3.05) is 24.3 Å². The SMILES string of the molecule is CC1CC(C)SC(Nc2ccccc2N(C)C)=N1. The van der Waals surface area contributed by atoms with E-state index >= 15 is 0 Å². The van der Waals surface area contributed by atoms with Crippen LogP contribution in [0.2, 0.25) is 0 Å². The fourth-order valence-corrected chi connectivity index (χ4v) is 3.31. The molecule has 18 heavy (non-hydrogen) atoms. The number of para-hydroxylation sites is 2. The van der Waals surface area contributed by atoms with E-state index in [2.05, 4.69) is 67.4 Å². The van der Waals surface area contributed by atoms with Crippen molar-refractivity contribution in [2.24, 2.45) is 4.99 Å². The summed E-state index contributed by atoms with van der Waals surface area (Å²) in [4.78, 5) is 6.79. The van der Waals surface area contributed by atoms with Gasteiger partial charge in [0.25, 0.3) is 0 Å². The Balaban J connectivity index is 2.19. The first kappa shape index (κ1) is 13.3. The third kappa shape index (κ3) is 3.19. The molecule has 0 radical (unpaired) electrons. The Morgan fingerprint density at radius 2 is 2.00 bits per heavy atom. The van der Waals surface area contributed by atoms with Crippen molar-refractivity contribution in [3.63, 3.8) is 0 Å². The molecule has 1 aromatic carbocycles. The van der Waals surface area contributed by atoms with Crippen molar-refractivity contribution in [1.29, 1.82) is 0 Å². The van der Waals surface area contributed by atoms with Gasteiger partial charge in [0.1, 0.15) is 0 Å². The first-order chi connectivity index (χ1) is 8.56. The van der Waals surface area contributed by atoms with Crippen LogP contribution in [-0.4, -0.2) is 30.6 Å².